The molecular formula is C58H95O11P. The Morgan fingerprint density at radius 1 is 0.414 bits per heavy atom. The summed E-state index contributed by atoms with van der Waals surface area (Å²) in [7, 11) is -4.77. The van der Waals surface area contributed by atoms with E-state index in [0.717, 1.165) is 116 Å². The van der Waals surface area contributed by atoms with E-state index in [9.17, 15) is 28.9 Å². The van der Waals surface area contributed by atoms with Crippen LogP contribution < -0.4 is 0 Å². The van der Waals surface area contributed by atoms with E-state index < -0.39 is 57.8 Å². The fraction of sp³-hybridized carbons (Fsp3) is 0.638. The first kappa shape index (κ1) is 66.1. The van der Waals surface area contributed by atoms with Crippen molar-refractivity contribution in [3.8, 4) is 0 Å². The average molecular weight is 999 g/mol. The SMILES string of the molecule is CC/C=C\C/C=C\C/C=C\C/C=C\CCCCC(=O)OCC(COP(=O)(O)OCC(CO)OC(=O)CCCCCCC/C=C\CCCCCC)OC(=O)CCCC/C=C\C/C=C\C/C=C\C/C=C\CC. The van der Waals surface area contributed by atoms with Gasteiger partial charge in [0.2, 0.25) is 0 Å². The van der Waals surface area contributed by atoms with Crippen molar-refractivity contribution in [2.24, 2.45) is 0 Å². The van der Waals surface area contributed by atoms with Gasteiger partial charge in [0.15, 0.2) is 6.10 Å². The van der Waals surface area contributed by atoms with E-state index in [0.29, 0.717) is 19.3 Å². The summed E-state index contributed by atoms with van der Waals surface area (Å²) >= 11 is 0. The summed E-state index contributed by atoms with van der Waals surface area (Å²) in [6, 6.07) is 0. The van der Waals surface area contributed by atoms with E-state index in [1.165, 1.54) is 25.7 Å². The Hall–Kier alpha value is -3.86. The van der Waals surface area contributed by atoms with Gasteiger partial charge in [-0.1, -0.05) is 169 Å². The third-order valence-corrected chi connectivity index (χ3v) is 11.6. The van der Waals surface area contributed by atoms with Gasteiger partial charge in [0.05, 0.1) is 19.8 Å². The minimum atomic E-state index is -4.77. The number of phosphoric acid groups is 1. The lowest BCUT2D eigenvalue weighted by molar-refractivity contribution is -0.161. The van der Waals surface area contributed by atoms with Crippen LogP contribution in [0.15, 0.2) is 109 Å². The zero-order valence-electron chi connectivity index (χ0n) is 43.7. The fourth-order valence-electron chi connectivity index (χ4n) is 6.62. The lowest BCUT2D eigenvalue weighted by Gasteiger charge is -2.21. The number of unbranched alkanes of at least 4 members (excludes halogenated alkanes) is 13. The van der Waals surface area contributed by atoms with Gasteiger partial charge in [-0.3, -0.25) is 23.4 Å². The Kier molecular flexibility index (Phi) is 48.7. The average Bonchev–Trinajstić information content (AvgIpc) is 3.35. The summed E-state index contributed by atoms with van der Waals surface area (Å²) in [6.45, 7) is 4.27. The second-order valence-electron chi connectivity index (χ2n) is 17.3. The fourth-order valence-corrected chi connectivity index (χ4v) is 7.41. The Bertz CT molecular complexity index is 1590. The molecule has 0 radical (unpaired) electrons. The molecule has 0 spiro atoms. The van der Waals surface area contributed by atoms with Crippen molar-refractivity contribution < 1.29 is 52.2 Å². The number of carbonyl (C=O) groups is 3. The van der Waals surface area contributed by atoms with Crippen LogP contribution in [0.2, 0.25) is 0 Å². The summed E-state index contributed by atoms with van der Waals surface area (Å²) in [4.78, 5) is 48.4. The number of carbonyl (C=O) groups excluding carboxylic acids is 3. The molecule has 0 saturated heterocycles. The number of aliphatic hydroxyl groups is 1. The molecule has 0 aromatic heterocycles. The van der Waals surface area contributed by atoms with Crippen molar-refractivity contribution in [1.82, 2.24) is 0 Å². The summed E-state index contributed by atoms with van der Waals surface area (Å²) in [5.41, 5.74) is 0. The zero-order chi connectivity index (χ0) is 51.3. The van der Waals surface area contributed by atoms with Crippen molar-refractivity contribution in [2.75, 3.05) is 26.4 Å². The van der Waals surface area contributed by atoms with Gasteiger partial charge in [-0.05, 0) is 122 Å². The minimum Gasteiger partial charge on any atom is -0.462 e. The van der Waals surface area contributed by atoms with Gasteiger partial charge in [0.1, 0.15) is 12.7 Å². The summed E-state index contributed by atoms with van der Waals surface area (Å²) in [6.07, 6.45) is 60.6. The molecule has 398 valence electrons. The maximum atomic E-state index is 12.9. The molecule has 0 amide bonds. The Balaban J connectivity index is 4.88. The highest BCUT2D eigenvalue weighted by Gasteiger charge is 2.28. The number of hydrogen-bond acceptors (Lipinski definition) is 10. The van der Waals surface area contributed by atoms with Gasteiger partial charge >= 0.3 is 25.7 Å². The maximum Gasteiger partial charge on any atom is 0.472 e. The molecule has 3 unspecified atom stereocenters. The van der Waals surface area contributed by atoms with Crippen LogP contribution >= 0.6 is 7.82 Å². The van der Waals surface area contributed by atoms with Crippen LogP contribution in [0.25, 0.3) is 0 Å². The standard InChI is InChI=1S/C58H95O11P/c1-4-7-10-13-16-19-22-25-27-30-32-35-38-41-44-47-56(60)65-51-55(69-58(62)49-46-43-40-37-34-31-28-26-23-20-17-14-11-8-5-2)53-67-70(63,64)66-52-54(50-59)68-57(61)48-45-42-39-36-33-29-24-21-18-15-12-9-6-3/h7-8,10-11,16-17,19-21,24-28,32,34-35,37,54-55,59H,4-6,9,12-15,18,22-23,29-31,33,36,38-53H2,1-3H3,(H,63,64)/b10-7-,11-8-,19-16-,20-17-,24-21-,27-25-,28-26-,35-32-,37-34-. The topological polar surface area (TPSA) is 155 Å². The van der Waals surface area contributed by atoms with Gasteiger partial charge in [-0.15, -0.1) is 0 Å². The van der Waals surface area contributed by atoms with E-state index in [1.807, 2.05) is 0 Å². The third-order valence-electron chi connectivity index (χ3n) is 10.7. The molecule has 0 aliphatic heterocycles. The first-order valence-electron chi connectivity index (χ1n) is 26.8. The van der Waals surface area contributed by atoms with Crippen molar-refractivity contribution in [3.63, 3.8) is 0 Å². The Morgan fingerprint density at radius 2 is 0.743 bits per heavy atom. The molecule has 0 rings (SSSR count). The number of phosphoric ester groups is 1. The number of ether oxygens (including phenoxy) is 3. The van der Waals surface area contributed by atoms with Crippen LogP contribution in [0.4, 0.5) is 0 Å². The van der Waals surface area contributed by atoms with Gasteiger partial charge < -0.3 is 24.2 Å². The first-order valence-corrected chi connectivity index (χ1v) is 28.3. The van der Waals surface area contributed by atoms with Crippen molar-refractivity contribution in [2.45, 2.75) is 213 Å². The summed E-state index contributed by atoms with van der Waals surface area (Å²) in [5.74, 6) is -1.59. The maximum absolute atomic E-state index is 12.9. The summed E-state index contributed by atoms with van der Waals surface area (Å²) < 4.78 is 39.3. The normalized spacial score (nSPS) is 14.3. The number of hydrogen-bond donors (Lipinski definition) is 2. The lowest BCUT2D eigenvalue weighted by atomic mass is 10.1. The monoisotopic (exact) mass is 999 g/mol. The van der Waals surface area contributed by atoms with Gasteiger partial charge in [0.25, 0.3) is 0 Å². The molecule has 3 atom stereocenters. The highest BCUT2D eigenvalue weighted by Crippen LogP contribution is 2.43. The predicted molar refractivity (Wildman–Crippen MR) is 288 cm³/mol. The van der Waals surface area contributed by atoms with Gasteiger partial charge in [0, 0.05) is 19.3 Å². The molecule has 0 aliphatic carbocycles. The smallest absolute Gasteiger partial charge is 0.462 e. The minimum absolute atomic E-state index is 0.100. The van der Waals surface area contributed by atoms with Gasteiger partial charge in [-0.25, -0.2) is 4.57 Å². The molecular weight excluding hydrogens is 904 g/mol. The van der Waals surface area contributed by atoms with Crippen LogP contribution in [0.5, 0.6) is 0 Å². The van der Waals surface area contributed by atoms with Crippen molar-refractivity contribution in [3.05, 3.63) is 109 Å². The second-order valence-corrected chi connectivity index (χ2v) is 18.7. The molecule has 2 N–H and O–H groups in total. The molecule has 12 heteroatoms. The molecule has 0 fully saturated rings. The van der Waals surface area contributed by atoms with Crippen LogP contribution in [0.1, 0.15) is 201 Å². The van der Waals surface area contributed by atoms with E-state index in [2.05, 4.69) is 130 Å². The van der Waals surface area contributed by atoms with E-state index in [4.69, 9.17) is 23.3 Å². The van der Waals surface area contributed by atoms with Crippen molar-refractivity contribution >= 4 is 25.7 Å². The number of aliphatic hydroxyl groups excluding tert-OH is 1. The first-order chi connectivity index (χ1) is 34.2. The predicted octanol–water partition coefficient (Wildman–Crippen LogP) is 15.5. The molecule has 0 heterocycles. The van der Waals surface area contributed by atoms with Crippen LogP contribution in [-0.2, 0) is 42.2 Å². The molecule has 70 heavy (non-hydrogen) atoms. The zero-order valence-corrected chi connectivity index (χ0v) is 44.6. The van der Waals surface area contributed by atoms with E-state index in [-0.39, 0.29) is 25.9 Å². The summed E-state index contributed by atoms with van der Waals surface area (Å²) in [5, 5.41) is 9.78. The van der Waals surface area contributed by atoms with E-state index >= 15 is 0 Å². The molecule has 0 bridgehead atoms. The number of allylic oxidation sites excluding steroid dienone is 18. The lowest BCUT2D eigenvalue weighted by Crippen LogP contribution is -2.30. The number of esters is 3. The molecule has 0 aromatic carbocycles. The highest BCUT2D eigenvalue weighted by molar-refractivity contribution is 7.47. The number of rotatable bonds is 48. The van der Waals surface area contributed by atoms with Crippen LogP contribution in [0.3, 0.4) is 0 Å². The third kappa shape index (κ3) is 49.1. The Labute approximate surface area is 425 Å². The molecule has 11 nitrogen and oxygen atoms in total. The second kappa shape index (κ2) is 51.5. The van der Waals surface area contributed by atoms with Crippen LogP contribution in [0, 0.1) is 0 Å². The Morgan fingerprint density at radius 3 is 1.19 bits per heavy atom. The van der Waals surface area contributed by atoms with Gasteiger partial charge in [-0.2, -0.15) is 0 Å². The van der Waals surface area contributed by atoms with Crippen LogP contribution in [-0.4, -0.2) is 66.5 Å². The highest BCUT2D eigenvalue weighted by atomic mass is 31.2. The largest absolute Gasteiger partial charge is 0.472 e. The molecule has 0 aromatic rings. The molecule has 0 saturated carbocycles. The van der Waals surface area contributed by atoms with Crippen molar-refractivity contribution in [1.29, 1.82) is 0 Å². The molecule has 0 aliphatic rings. The van der Waals surface area contributed by atoms with E-state index in [1.54, 1.807) is 0 Å². The quantitative estimate of drug-likeness (QED) is 0.0197.